The molecule has 2 aromatic carbocycles. The molecule has 0 heterocycles. The van der Waals surface area contributed by atoms with Gasteiger partial charge in [-0.3, -0.25) is 9.00 Å². The Morgan fingerprint density at radius 3 is 2.16 bits per heavy atom. The number of hydrogen-bond acceptors (Lipinski definition) is 8. The van der Waals surface area contributed by atoms with Crippen LogP contribution in [-0.4, -0.2) is 54.8 Å². The molecular formula is C21H25NNaO8S-. The predicted octanol–water partition coefficient (Wildman–Crippen LogP) is -0.0324. The molecule has 0 saturated carbocycles. The smallest absolute Gasteiger partial charge is 1.00 e. The van der Waals surface area contributed by atoms with Gasteiger partial charge in [0.05, 0.1) is 44.9 Å². The van der Waals surface area contributed by atoms with Gasteiger partial charge in [-0.15, -0.1) is 0 Å². The maximum absolute atomic E-state index is 12.0. The van der Waals surface area contributed by atoms with Crippen LogP contribution in [0.25, 0.3) is 6.08 Å². The molecule has 0 amide bonds. The average molecular weight is 474 g/mol. The van der Waals surface area contributed by atoms with E-state index in [1.165, 1.54) is 40.6 Å². The Morgan fingerprint density at radius 1 is 1.09 bits per heavy atom. The molecule has 0 bridgehead atoms. The number of ether oxygens (including phenoxy) is 4. The Bertz CT molecular complexity index is 964. The van der Waals surface area contributed by atoms with E-state index in [4.69, 9.17) is 24.1 Å². The maximum atomic E-state index is 12.0. The number of anilines is 1. The van der Waals surface area contributed by atoms with Crippen molar-refractivity contribution in [3.63, 3.8) is 0 Å². The molecule has 2 atom stereocenters. The molecule has 9 nitrogen and oxygen atoms in total. The fraction of sp³-hybridized carbons (Fsp3) is 0.286. The van der Waals surface area contributed by atoms with Gasteiger partial charge in [0.15, 0.2) is 0 Å². The third-order valence-electron chi connectivity index (χ3n) is 4.38. The summed E-state index contributed by atoms with van der Waals surface area (Å²) in [5, 5.41) is 10.6. The summed E-state index contributed by atoms with van der Waals surface area (Å²) < 4.78 is 45.2. The van der Waals surface area contributed by atoms with E-state index in [0.29, 0.717) is 39.8 Å². The zero-order valence-electron chi connectivity index (χ0n) is 19.5. The minimum absolute atomic E-state index is 0. The second kappa shape index (κ2) is 13.3. The number of rotatable bonds is 11. The molecule has 0 aromatic heterocycles. The van der Waals surface area contributed by atoms with Crippen LogP contribution in [0.4, 0.5) is 5.69 Å². The van der Waals surface area contributed by atoms with E-state index in [9.17, 15) is 13.6 Å². The van der Waals surface area contributed by atoms with Crippen LogP contribution in [0.1, 0.15) is 17.8 Å². The van der Waals surface area contributed by atoms with Crippen molar-refractivity contribution >= 4 is 28.8 Å². The quantitative estimate of drug-likeness (QED) is 0.341. The van der Waals surface area contributed by atoms with E-state index < -0.39 is 22.3 Å². The number of aliphatic carboxylic acids is 1. The minimum atomic E-state index is -2.51. The van der Waals surface area contributed by atoms with Gasteiger partial charge in [-0.25, -0.2) is 0 Å². The third-order valence-corrected chi connectivity index (χ3v) is 5.22. The molecule has 0 aliphatic rings. The molecule has 0 saturated heterocycles. The summed E-state index contributed by atoms with van der Waals surface area (Å²) in [6.07, 6.45) is 3.07. The van der Waals surface area contributed by atoms with Crippen molar-refractivity contribution < 1.29 is 68.6 Å². The monoisotopic (exact) mass is 474 g/mol. The van der Waals surface area contributed by atoms with Crippen molar-refractivity contribution in [1.82, 2.24) is 0 Å². The fourth-order valence-electron chi connectivity index (χ4n) is 2.88. The van der Waals surface area contributed by atoms with Crippen LogP contribution in [0.15, 0.2) is 36.4 Å². The molecule has 32 heavy (non-hydrogen) atoms. The van der Waals surface area contributed by atoms with Gasteiger partial charge in [-0.05, 0) is 28.8 Å². The summed E-state index contributed by atoms with van der Waals surface area (Å²) in [7, 11) is 5.92. The number of carboxylic acid groups (broad SMARTS) is 1. The first-order valence-electron chi connectivity index (χ1n) is 9.04. The summed E-state index contributed by atoms with van der Waals surface area (Å²) in [4.78, 5) is 10.9. The van der Waals surface area contributed by atoms with Crippen LogP contribution in [-0.2, 0) is 15.9 Å². The van der Waals surface area contributed by atoms with Gasteiger partial charge in [-0.1, -0.05) is 18.2 Å². The van der Waals surface area contributed by atoms with E-state index in [1.54, 1.807) is 30.3 Å². The van der Waals surface area contributed by atoms with E-state index in [0.717, 1.165) is 0 Å². The van der Waals surface area contributed by atoms with Crippen molar-refractivity contribution in [2.45, 2.75) is 5.25 Å². The van der Waals surface area contributed by atoms with Gasteiger partial charge < -0.3 is 35.4 Å². The van der Waals surface area contributed by atoms with Gasteiger partial charge in [0.25, 0.3) is 0 Å². The van der Waals surface area contributed by atoms with Crippen LogP contribution >= 0.6 is 0 Å². The van der Waals surface area contributed by atoms with E-state index in [1.807, 2.05) is 0 Å². The third kappa shape index (κ3) is 7.14. The normalized spacial score (nSPS) is 12.4. The number of carboxylic acids is 1. The van der Waals surface area contributed by atoms with E-state index >= 15 is 0 Å². The Balaban J connectivity index is 0.00000512. The Labute approximate surface area is 212 Å². The van der Waals surface area contributed by atoms with Crippen LogP contribution in [0.2, 0.25) is 0 Å². The number of hydrogen-bond donors (Lipinski definition) is 2. The van der Waals surface area contributed by atoms with Gasteiger partial charge in [-0.2, -0.15) is 0 Å². The number of methoxy groups -OCH3 is 4. The molecule has 0 aliphatic carbocycles. The molecule has 2 unspecified atom stereocenters. The van der Waals surface area contributed by atoms with Gasteiger partial charge in [0, 0.05) is 12.1 Å². The molecule has 2 rings (SSSR count). The van der Waals surface area contributed by atoms with Crippen molar-refractivity contribution in [2.75, 3.05) is 40.3 Å². The summed E-state index contributed by atoms with van der Waals surface area (Å²) in [5.41, 5.74) is 1.33. The fourth-order valence-corrected chi connectivity index (χ4v) is 3.45. The summed E-state index contributed by atoms with van der Waals surface area (Å²) in [6.45, 7) is -0.346. The Morgan fingerprint density at radius 2 is 1.69 bits per heavy atom. The summed E-state index contributed by atoms with van der Waals surface area (Å²) in [5.74, 6) is 0.750. The van der Waals surface area contributed by atoms with Crippen LogP contribution in [0.5, 0.6) is 23.0 Å². The van der Waals surface area contributed by atoms with Gasteiger partial charge >= 0.3 is 35.5 Å². The molecule has 2 aromatic rings. The maximum Gasteiger partial charge on any atom is 1.00 e. The Kier molecular flexibility index (Phi) is 11.6. The molecular weight excluding hydrogens is 449 g/mol. The first kappa shape index (κ1) is 27.8. The van der Waals surface area contributed by atoms with Crippen molar-refractivity contribution in [3.8, 4) is 23.0 Å². The SMILES string of the molecule is COc1cc(OC)c(/C=C/C(c2ccc(OC)c(NCC(=O)O)c2)S(=O)[O-])c(OC)c1.[H-].[Na+]. The second-order valence-corrected chi connectivity index (χ2v) is 7.22. The number of carbonyl (C=O) groups is 1. The molecule has 2 N–H and O–H groups in total. The molecule has 0 fully saturated rings. The number of benzene rings is 2. The largest absolute Gasteiger partial charge is 1.00 e. The van der Waals surface area contributed by atoms with Crippen LogP contribution < -0.4 is 53.8 Å². The minimum Gasteiger partial charge on any atom is -1.00 e. The Hall–Kier alpha value is -2.24. The van der Waals surface area contributed by atoms with Crippen LogP contribution in [0.3, 0.4) is 0 Å². The number of nitrogens with one attached hydrogen (secondary N) is 1. The molecule has 0 spiro atoms. The summed E-state index contributed by atoms with van der Waals surface area (Å²) in [6, 6.07) is 8.02. The van der Waals surface area contributed by atoms with Crippen LogP contribution in [0, 0.1) is 0 Å². The van der Waals surface area contributed by atoms with Gasteiger partial charge in [0.1, 0.15) is 29.5 Å². The topological polar surface area (TPSA) is 126 Å². The molecule has 0 aliphatic heterocycles. The van der Waals surface area contributed by atoms with Gasteiger partial charge in [0.2, 0.25) is 0 Å². The van der Waals surface area contributed by atoms with E-state index in [-0.39, 0.29) is 37.5 Å². The zero-order valence-corrected chi connectivity index (χ0v) is 21.4. The predicted molar refractivity (Wildman–Crippen MR) is 117 cm³/mol. The zero-order chi connectivity index (χ0) is 23.0. The molecule has 0 radical (unpaired) electrons. The van der Waals surface area contributed by atoms with Crippen molar-refractivity contribution in [3.05, 3.63) is 47.5 Å². The average Bonchev–Trinajstić information content (AvgIpc) is 2.77. The summed E-state index contributed by atoms with van der Waals surface area (Å²) >= 11 is -2.51. The van der Waals surface area contributed by atoms with E-state index in [2.05, 4.69) is 5.32 Å². The molecule has 170 valence electrons. The first-order valence-corrected chi connectivity index (χ1v) is 10.2. The molecule has 11 heteroatoms. The standard InChI is InChI=1S/C21H25NO8S.Na.H/c1-27-14-10-18(29-3)15(19(11-14)30-4)6-8-20(31(25)26)13-5-7-17(28-2)16(9-13)22-12-21(23)24;;/h5-11,20,22H,12H2,1-4H3,(H,23,24)(H,25,26);;/q;+1;-1/p-1/b8-6+;;. The van der Waals surface area contributed by atoms with Crippen molar-refractivity contribution in [1.29, 1.82) is 0 Å². The first-order chi connectivity index (χ1) is 14.8. The van der Waals surface area contributed by atoms with Crippen molar-refractivity contribution in [2.24, 2.45) is 0 Å². The second-order valence-electron chi connectivity index (χ2n) is 6.19.